The Hall–Kier alpha value is -9.43. The Morgan fingerprint density at radius 2 is 0.848 bits per heavy atom. The lowest BCUT2D eigenvalue weighted by Crippen LogP contribution is -2.04. The molecule has 66 heavy (non-hydrogen) atoms. The first-order valence-corrected chi connectivity index (χ1v) is 21.6. The van der Waals surface area contributed by atoms with Gasteiger partial charge in [-0.25, -0.2) is 15.0 Å². The first-order chi connectivity index (χ1) is 32.6. The van der Waals surface area contributed by atoms with E-state index in [0.29, 0.717) is 28.6 Å². The number of aromatic nitrogens is 4. The van der Waals surface area contributed by atoms with E-state index in [1.54, 1.807) is 0 Å². The van der Waals surface area contributed by atoms with Crippen LogP contribution in [0.25, 0.3) is 117 Å². The maximum atomic E-state index is 10.2. The van der Waals surface area contributed by atoms with E-state index in [1.807, 2.05) is 140 Å². The summed E-state index contributed by atoms with van der Waals surface area (Å²) in [6, 6.07) is 73.8. The zero-order valence-corrected chi connectivity index (χ0v) is 35.2. The number of rotatable bonds is 7. The number of para-hydroxylation sites is 1. The summed E-state index contributed by atoms with van der Waals surface area (Å²) in [6.45, 7) is 0. The summed E-state index contributed by atoms with van der Waals surface area (Å²) in [5, 5.41) is 24.6. The molecular formula is C59H34N6O. The fraction of sp³-hybridized carbons (Fsp3) is 0. The molecule has 7 nitrogen and oxygen atoms in total. The summed E-state index contributed by atoms with van der Waals surface area (Å²) >= 11 is 0. The van der Waals surface area contributed by atoms with Crippen LogP contribution in [0.2, 0.25) is 0 Å². The molecule has 12 aromatic rings. The molecule has 0 radical (unpaired) electrons. The molecule has 0 amide bonds. The highest BCUT2D eigenvalue weighted by Crippen LogP contribution is 2.43. The van der Waals surface area contributed by atoms with Crippen LogP contribution in [0.15, 0.2) is 211 Å². The largest absolute Gasteiger partial charge is 0.456 e. The molecule has 12 rings (SSSR count). The third-order valence-electron chi connectivity index (χ3n) is 12.4. The van der Waals surface area contributed by atoms with Crippen molar-refractivity contribution in [2.24, 2.45) is 0 Å². The van der Waals surface area contributed by atoms with Crippen molar-refractivity contribution in [2.75, 3.05) is 0 Å². The second-order valence-electron chi connectivity index (χ2n) is 16.2. The molecule has 0 spiro atoms. The standard InChI is InChI=1S/C59H34N6O/c60-35-42-18-7-9-20-44(42)40-26-29-47-48-30-27-41(45-21-10-8-19-43(45)36-61)34-53(48)65(52(47)33-40)51-31-28-39(46-23-13-25-55-56(46)49-22-11-12-24-54(49)66-55)32-50(51)59-63-57(37-14-3-1-4-15-37)62-58(64-59)38-16-5-2-6-17-38/h1-34H. The maximum Gasteiger partial charge on any atom is 0.166 e. The Kier molecular flexibility index (Phi) is 9.12. The molecule has 0 bridgehead atoms. The van der Waals surface area contributed by atoms with Crippen molar-refractivity contribution < 1.29 is 4.42 Å². The van der Waals surface area contributed by atoms with Gasteiger partial charge < -0.3 is 8.98 Å². The van der Waals surface area contributed by atoms with E-state index in [0.717, 1.165) is 99.5 Å². The first kappa shape index (κ1) is 38.3. The van der Waals surface area contributed by atoms with E-state index in [-0.39, 0.29) is 0 Å². The van der Waals surface area contributed by atoms with Crippen LogP contribution in [-0.4, -0.2) is 19.5 Å². The third-order valence-corrected chi connectivity index (χ3v) is 12.4. The van der Waals surface area contributed by atoms with Gasteiger partial charge in [0.1, 0.15) is 11.2 Å². The number of nitriles is 2. The van der Waals surface area contributed by atoms with Gasteiger partial charge >= 0.3 is 0 Å². The van der Waals surface area contributed by atoms with Crippen LogP contribution in [0.1, 0.15) is 11.1 Å². The van der Waals surface area contributed by atoms with Crippen LogP contribution in [0.5, 0.6) is 0 Å². The molecule has 9 aromatic carbocycles. The molecule has 0 fully saturated rings. The lowest BCUT2D eigenvalue weighted by atomic mass is 9.96. The smallest absolute Gasteiger partial charge is 0.166 e. The van der Waals surface area contributed by atoms with E-state index < -0.39 is 0 Å². The van der Waals surface area contributed by atoms with Gasteiger partial charge in [-0.15, -0.1) is 0 Å². The normalized spacial score (nSPS) is 11.3. The summed E-state index contributed by atoms with van der Waals surface area (Å²) < 4.78 is 8.67. The van der Waals surface area contributed by atoms with Crippen LogP contribution in [0.4, 0.5) is 0 Å². The zero-order valence-electron chi connectivity index (χ0n) is 35.2. The van der Waals surface area contributed by atoms with E-state index in [2.05, 4.69) is 83.4 Å². The predicted molar refractivity (Wildman–Crippen MR) is 263 cm³/mol. The molecule has 0 aliphatic carbocycles. The minimum Gasteiger partial charge on any atom is -0.456 e. The number of hydrogen-bond donors (Lipinski definition) is 0. The highest BCUT2D eigenvalue weighted by molar-refractivity contribution is 6.14. The number of hydrogen-bond acceptors (Lipinski definition) is 6. The van der Waals surface area contributed by atoms with Crippen molar-refractivity contribution in [1.82, 2.24) is 19.5 Å². The zero-order chi connectivity index (χ0) is 44.1. The second kappa shape index (κ2) is 15.7. The first-order valence-electron chi connectivity index (χ1n) is 21.6. The van der Waals surface area contributed by atoms with E-state index >= 15 is 0 Å². The van der Waals surface area contributed by atoms with Gasteiger partial charge in [-0.1, -0.05) is 158 Å². The highest BCUT2D eigenvalue weighted by Gasteiger charge is 2.23. The second-order valence-corrected chi connectivity index (χ2v) is 16.2. The average molecular weight is 843 g/mol. The Bertz CT molecular complexity index is 3790. The minimum atomic E-state index is 0.496. The fourth-order valence-corrected chi connectivity index (χ4v) is 9.30. The molecule has 0 saturated carbocycles. The van der Waals surface area contributed by atoms with Crippen molar-refractivity contribution in [3.63, 3.8) is 0 Å². The van der Waals surface area contributed by atoms with Crippen LogP contribution in [0.3, 0.4) is 0 Å². The topological polar surface area (TPSA) is 104 Å². The van der Waals surface area contributed by atoms with E-state index in [1.165, 1.54) is 0 Å². The van der Waals surface area contributed by atoms with E-state index in [9.17, 15) is 10.5 Å². The Morgan fingerprint density at radius 3 is 1.45 bits per heavy atom. The van der Waals surface area contributed by atoms with Gasteiger partial charge in [0.15, 0.2) is 17.5 Å². The monoisotopic (exact) mass is 842 g/mol. The van der Waals surface area contributed by atoms with Crippen LogP contribution in [0, 0.1) is 22.7 Å². The van der Waals surface area contributed by atoms with Gasteiger partial charge in [0.25, 0.3) is 0 Å². The maximum absolute atomic E-state index is 10.2. The Morgan fingerprint density at radius 1 is 0.364 bits per heavy atom. The number of fused-ring (bicyclic) bond motifs is 6. The summed E-state index contributed by atoms with van der Waals surface area (Å²) in [4.78, 5) is 15.7. The Balaban J connectivity index is 1.21. The van der Waals surface area contributed by atoms with Crippen molar-refractivity contribution in [2.45, 2.75) is 0 Å². The van der Waals surface area contributed by atoms with Gasteiger partial charge in [-0.2, -0.15) is 10.5 Å². The molecule has 3 aromatic heterocycles. The molecule has 306 valence electrons. The fourth-order valence-electron chi connectivity index (χ4n) is 9.30. The SMILES string of the molecule is N#Cc1ccccc1-c1ccc2c3ccc(-c4ccccc4C#N)cc3n(-c3ccc(-c4cccc5oc6ccccc6c45)cc3-c3nc(-c4ccccc4)nc(-c4ccccc4)n3)c2c1. The molecule has 0 aliphatic heterocycles. The molecule has 0 saturated heterocycles. The van der Waals surface area contributed by atoms with Gasteiger partial charge in [0.05, 0.1) is 40.0 Å². The summed E-state index contributed by atoms with van der Waals surface area (Å²) in [6.07, 6.45) is 0. The van der Waals surface area contributed by atoms with Crippen molar-refractivity contribution >= 4 is 43.7 Å². The van der Waals surface area contributed by atoms with Crippen LogP contribution in [-0.2, 0) is 0 Å². The van der Waals surface area contributed by atoms with Gasteiger partial charge in [-0.05, 0) is 81.9 Å². The molecule has 7 heteroatoms. The van der Waals surface area contributed by atoms with Crippen LogP contribution < -0.4 is 0 Å². The molecule has 0 aliphatic rings. The summed E-state index contributed by atoms with van der Waals surface area (Å²) in [5.74, 6) is 1.59. The number of benzene rings is 9. The van der Waals surface area contributed by atoms with E-state index in [4.69, 9.17) is 19.4 Å². The average Bonchev–Trinajstić information content (AvgIpc) is 3.94. The van der Waals surface area contributed by atoms with Crippen molar-refractivity contribution in [3.8, 4) is 85.4 Å². The quantitative estimate of drug-likeness (QED) is 0.158. The van der Waals surface area contributed by atoms with Gasteiger partial charge in [0.2, 0.25) is 0 Å². The molecule has 0 atom stereocenters. The molecular weight excluding hydrogens is 809 g/mol. The third kappa shape index (κ3) is 6.39. The molecule has 3 heterocycles. The van der Waals surface area contributed by atoms with Gasteiger partial charge in [0, 0.05) is 38.2 Å². The summed E-state index contributed by atoms with van der Waals surface area (Å²) in [7, 11) is 0. The number of nitrogens with zero attached hydrogens (tertiary/aromatic N) is 6. The summed E-state index contributed by atoms with van der Waals surface area (Å²) in [5.41, 5.74) is 13.5. The molecule has 0 unspecified atom stereocenters. The van der Waals surface area contributed by atoms with Crippen LogP contribution >= 0.6 is 0 Å². The van der Waals surface area contributed by atoms with Crippen molar-refractivity contribution in [1.29, 1.82) is 10.5 Å². The lowest BCUT2D eigenvalue weighted by molar-refractivity contribution is 0.669. The highest BCUT2D eigenvalue weighted by atomic mass is 16.3. The minimum absolute atomic E-state index is 0.496. The predicted octanol–water partition coefficient (Wildman–Crippen LogP) is 14.6. The van der Waals surface area contributed by atoms with Gasteiger partial charge in [-0.3, -0.25) is 0 Å². The number of furan rings is 1. The lowest BCUT2D eigenvalue weighted by Gasteiger charge is -2.17. The molecule has 0 N–H and O–H groups in total. The Labute approximate surface area is 379 Å². The van der Waals surface area contributed by atoms with Crippen molar-refractivity contribution in [3.05, 3.63) is 217 Å².